The number of fused-ring (bicyclic) bond motifs is 1. The fourth-order valence-corrected chi connectivity index (χ4v) is 2.69. The van der Waals surface area contributed by atoms with E-state index in [9.17, 15) is 5.11 Å². The van der Waals surface area contributed by atoms with Gasteiger partial charge in [-0.2, -0.15) is 0 Å². The molecule has 1 aliphatic rings. The number of nitrogens with zero attached hydrogens (tertiary/aromatic N) is 2. The predicted octanol–water partition coefficient (Wildman–Crippen LogP) is 2.07. The summed E-state index contributed by atoms with van der Waals surface area (Å²) in [5.41, 5.74) is 0.850. The van der Waals surface area contributed by atoms with Crippen molar-refractivity contribution in [3.05, 3.63) is 36.5 Å². The zero-order chi connectivity index (χ0) is 13.8. The second kappa shape index (κ2) is 6.20. The van der Waals surface area contributed by atoms with E-state index >= 15 is 0 Å². The number of hydrogen-bond acceptors (Lipinski definition) is 4. The highest BCUT2D eigenvalue weighted by atomic mass is 16.5. The van der Waals surface area contributed by atoms with Gasteiger partial charge in [-0.05, 0) is 38.1 Å². The van der Waals surface area contributed by atoms with Crippen molar-refractivity contribution in [2.24, 2.45) is 0 Å². The molecule has 4 nitrogen and oxygen atoms in total. The number of benzene rings is 1. The molecule has 3 rings (SSSR count). The van der Waals surface area contributed by atoms with Crippen molar-refractivity contribution in [2.45, 2.75) is 18.9 Å². The van der Waals surface area contributed by atoms with Gasteiger partial charge >= 0.3 is 0 Å². The highest BCUT2D eigenvalue weighted by Crippen LogP contribution is 2.23. The monoisotopic (exact) mass is 272 g/mol. The first kappa shape index (κ1) is 13.3. The third-order valence-electron chi connectivity index (χ3n) is 3.69. The Morgan fingerprint density at radius 2 is 2.00 bits per heavy atom. The van der Waals surface area contributed by atoms with Crippen LogP contribution >= 0.6 is 0 Å². The van der Waals surface area contributed by atoms with E-state index in [1.54, 1.807) is 6.20 Å². The summed E-state index contributed by atoms with van der Waals surface area (Å²) in [6, 6.07) is 9.78. The lowest BCUT2D eigenvalue weighted by molar-refractivity contribution is 0.0764. The number of β-amino-alcohol motifs (C(OH)–C–C–N with tert-alkyl or cyclic N) is 1. The molecule has 1 N–H and O–H groups in total. The van der Waals surface area contributed by atoms with Gasteiger partial charge in [0.25, 0.3) is 0 Å². The zero-order valence-corrected chi connectivity index (χ0v) is 11.5. The van der Waals surface area contributed by atoms with Crippen LogP contribution in [0.25, 0.3) is 10.9 Å². The van der Waals surface area contributed by atoms with Crippen molar-refractivity contribution in [3.63, 3.8) is 0 Å². The number of para-hydroxylation sites is 1. The van der Waals surface area contributed by atoms with Gasteiger partial charge in [-0.25, -0.2) is 0 Å². The Balaban J connectivity index is 1.61. The van der Waals surface area contributed by atoms with Crippen LogP contribution in [0.2, 0.25) is 0 Å². The molecule has 2 heterocycles. The molecule has 1 aliphatic heterocycles. The van der Waals surface area contributed by atoms with E-state index in [1.165, 1.54) is 12.8 Å². The van der Waals surface area contributed by atoms with Crippen LogP contribution in [-0.2, 0) is 0 Å². The maximum Gasteiger partial charge on any atom is 0.145 e. The molecule has 1 aromatic carbocycles. The minimum absolute atomic E-state index is 0.312. The van der Waals surface area contributed by atoms with Crippen LogP contribution in [0.4, 0.5) is 0 Å². The second-order valence-electron chi connectivity index (χ2n) is 5.30. The Morgan fingerprint density at radius 3 is 2.85 bits per heavy atom. The van der Waals surface area contributed by atoms with Gasteiger partial charge in [0, 0.05) is 18.1 Å². The van der Waals surface area contributed by atoms with Crippen LogP contribution in [0, 0.1) is 0 Å². The second-order valence-corrected chi connectivity index (χ2v) is 5.30. The van der Waals surface area contributed by atoms with Crippen molar-refractivity contribution in [1.29, 1.82) is 0 Å². The van der Waals surface area contributed by atoms with E-state index in [-0.39, 0.29) is 0 Å². The van der Waals surface area contributed by atoms with Crippen LogP contribution in [0.15, 0.2) is 36.5 Å². The molecule has 1 aromatic heterocycles. The van der Waals surface area contributed by atoms with Crippen molar-refractivity contribution < 1.29 is 9.84 Å². The van der Waals surface area contributed by atoms with E-state index in [0.29, 0.717) is 13.2 Å². The van der Waals surface area contributed by atoms with Gasteiger partial charge in [0.1, 0.15) is 24.0 Å². The minimum atomic E-state index is -0.452. The number of aliphatic hydroxyl groups is 1. The van der Waals surface area contributed by atoms with Crippen LogP contribution in [0.5, 0.6) is 5.75 Å². The molecule has 20 heavy (non-hydrogen) atoms. The number of aromatic nitrogens is 1. The zero-order valence-electron chi connectivity index (χ0n) is 11.5. The van der Waals surface area contributed by atoms with Gasteiger partial charge in [-0.1, -0.05) is 18.2 Å². The molecule has 4 heteroatoms. The first-order chi connectivity index (χ1) is 9.83. The summed E-state index contributed by atoms with van der Waals surface area (Å²) in [6.45, 7) is 3.18. The largest absolute Gasteiger partial charge is 0.489 e. The lowest BCUT2D eigenvalue weighted by Crippen LogP contribution is -2.33. The van der Waals surface area contributed by atoms with E-state index in [1.807, 2.05) is 30.3 Å². The maximum absolute atomic E-state index is 10.1. The van der Waals surface area contributed by atoms with Crippen LogP contribution in [0.1, 0.15) is 12.8 Å². The molecular weight excluding hydrogens is 252 g/mol. The molecule has 0 bridgehead atoms. The molecule has 1 unspecified atom stereocenters. The van der Waals surface area contributed by atoms with Gasteiger partial charge in [0.15, 0.2) is 0 Å². The molecule has 1 fully saturated rings. The van der Waals surface area contributed by atoms with Crippen LogP contribution < -0.4 is 4.74 Å². The molecule has 0 amide bonds. The van der Waals surface area contributed by atoms with Crippen molar-refractivity contribution in [1.82, 2.24) is 9.88 Å². The van der Waals surface area contributed by atoms with Crippen molar-refractivity contribution in [2.75, 3.05) is 26.2 Å². The van der Waals surface area contributed by atoms with Crippen molar-refractivity contribution in [3.8, 4) is 5.75 Å². The number of hydrogen-bond donors (Lipinski definition) is 1. The Hall–Kier alpha value is -1.65. The molecule has 0 radical (unpaired) electrons. The summed E-state index contributed by atoms with van der Waals surface area (Å²) in [4.78, 5) is 6.63. The normalized spacial score (nSPS) is 17.4. The molecule has 2 aromatic rings. The molecule has 0 saturated carbocycles. The quantitative estimate of drug-likeness (QED) is 0.905. The summed E-state index contributed by atoms with van der Waals surface area (Å²) in [6.07, 6.45) is 3.78. The summed E-state index contributed by atoms with van der Waals surface area (Å²) < 4.78 is 5.75. The fourth-order valence-electron chi connectivity index (χ4n) is 2.69. The molecule has 0 aliphatic carbocycles. The van der Waals surface area contributed by atoms with E-state index < -0.39 is 6.10 Å². The Kier molecular flexibility index (Phi) is 4.14. The highest BCUT2D eigenvalue weighted by Gasteiger charge is 2.16. The highest BCUT2D eigenvalue weighted by molar-refractivity contribution is 5.84. The Labute approximate surface area is 119 Å². The number of aliphatic hydroxyl groups excluding tert-OH is 1. The Bertz CT molecular complexity index is 562. The topological polar surface area (TPSA) is 45.6 Å². The summed E-state index contributed by atoms with van der Waals surface area (Å²) >= 11 is 0. The first-order valence-corrected chi connectivity index (χ1v) is 7.20. The Morgan fingerprint density at radius 1 is 1.20 bits per heavy atom. The maximum atomic E-state index is 10.1. The van der Waals surface area contributed by atoms with E-state index in [4.69, 9.17) is 4.74 Å². The minimum Gasteiger partial charge on any atom is -0.489 e. The predicted molar refractivity (Wildman–Crippen MR) is 78.9 cm³/mol. The standard InChI is InChI=1S/C16H20N2O2/c19-14(11-18-9-1-2-10-18)12-20-15-7-3-5-13-6-4-8-17-16(13)15/h3-8,14,19H,1-2,9-12H2. The fraction of sp³-hybridized carbons (Fsp3) is 0.438. The van der Waals surface area contributed by atoms with Crippen LogP contribution in [0.3, 0.4) is 0 Å². The SMILES string of the molecule is OC(COc1cccc2cccnc12)CN1CCCC1. The van der Waals surface area contributed by atoms with E-state index in [2.05, 4.69) is 9.88 Å². The van der Waals surface area contributed by atoms with Gasteiger partial charge in [-0.3, -0.25) is 4.98 Å². The lowest BCUT2D eigenvalue weighted by Gasteiger charge is -2.19. The van der Waals surface area contributed by atoms with Gasteiger partial charge in [0.2, 0.25) is 0 Å². The molecule has 1 atom stereocenters. The third kappa shape index (κ3) is 3.08. The number of likely N-dealkylation sites (tertiary alicyclic amines) is 1. The number of rotatable bonds is 5. The summed E-state index contributed by atoms with van der Waals surface area (Å²) in [5, 5.41) is 11.1. The molecule has 1 saturated heterocycles. The molecule has 106 valence electrons. The van der Waals surface area contributed by atoms with Crippen molar-refractivity contribution >= 4 is 10.9 Å². The first-order valence-electron chi connectivity index (χ1n) is 7.20. The average Bonchev–Trinajstić information content (AvgIpc) is 2.98. The molecule has 0 spiro atoms. The summed E-state index contributed by atoms with van der Waals surface area (Å²) in [7, 11) is 0. The van der Waals surface area contributed by atoms with Gasteiger partial charge in [-0.15, -0.1) is 0 Å². The number of ether oxygens (including phenoxy) is 1. The summed E-state index contributed by atoms with van der Waals surface area (Å²) in [5.74, 6) is 0.739. The smallest absolute Gasteiger partial charge is 0.145 e. The lowest BCUT2D eigenvalue weighted by atomic mass is 10.2. The molecular formula is C16H20N2O2. The van der Waals surface area contributed by atoms with Gasteiger partial charge in [0.05, 0.1) is 0 Å². The average molecular weight is 272 g/mol. The van der Waals surface area contributed by atoms with Gasteiger partial charge < -0.3 is 14.7 Å². The van der Waals surface area contributed by atoms with E-state index in [0.717, 1.165) is 29.7 Å². The third-order valence-corrected chi connectivity index (χ3v) is 3.69. The number of pyridine rings is 1. The van der Waals surface area contributed by atoms with Crippen LogP contribution in [-0.4, -0.2) is 47.3 Å².